The van der Waals surface area contributed by atoms with E-state index in [1.54, 1.807) is 11.3 Å². The van der Waals surface area contributed by atoms with Gasteiger partial charge in [-0.05, 0) is 55.8 Å². The highest BCUT2D eigenvalue weighted by molar-refractivity contribution is 8.01. The van der Waals surface area contributed by atoms with E-state index in [-0.39, 0.29) is 6.23 Å². The van der Waals surface area contributed by atoms with Gasteiger partial charge in [0, 0.05) is 16.0 Å². The van der Waals surface area contributed by atoms with Gasteiger partial charge in [0.25, 0.3) is 5.19 Å². The third-order valence-corrected chi connectivity index (χ3v) is 8.63. The molecule has 7 rings (SSSR count). The number of para-hydroxylation sites is 1. The van der Waals surface area contributed by atoms with Gasteiger partial charge in [0.15, 0.2) is 0 Å². The molecule has 0 bridgehead atoms. The van der Waals surface area contributed by atoms with Crippen LogP contribution >= 0.6 is 23.1 Å². The van der Waals surface area contributed by atoms with E-state index in [9.17, 15) is 0 Å². The van der Waals surface area contributed by atoms with E-state index in [0.717, 1.165) is 27.3 Å². The molecule has 4 aromatic carbocycles. The molecule has 0 radical (unpaired) electrons. The van der Waals surface area contributed by atoms with Gasteiger partial charge in [-0.15, -0.1) is 0 Å². The van der Waals surface area contributed by atoms with Crippen LogP contribution in [0, 0.1) is 13.8 Å². The van der Waals surface area contributed by atoms with Crippen molar-refractivity contribution in [2.45, 2.75) is 30.3 Å². The summed E-state index contributed by atoms with van der Waals surface area (Å²) in [6.45, 7) is 4.16. The van der Waals surface area contributed by atoms with Crippen molar-refractivity contribution in [2.24, 2.45) is 0 Å². The number of aromatic nitrogens is 1. The first-order valence-corrected chi connectivity index (χ1v) is 13.3. The Hall–Kier alpha value is -3.48. The summed E-state index contributed by atoms with van der Waals surface area (Å²) in [6.07, 6.45) is 0.0530. The zero-order chi connectivity index (χ0) is 23.5. The average Bonchev–Trinajstić information content (AvgIpc) is 3.17. The molecule has 0 aliphatic carbocycles. The lowest BCUT2D eigenvalue weighted by Crippen LogP contribution is -2.09. The topological polar surface area (TPSA) is 34.4 Å². The molecule has 6 heteroatoms. The van der Waals surface area contributed by atoms with Crippen LogP contribution in [-0.4, -0.2) is 16.6 Å². The number of nitrogens with zero attached hydrogens (tertiary/aromatic N) is 2. The Morgan fingerprint density at radius 2 is 1.60 bits per heavy atom. The third-order valence-electron chi connectivity index (χ3n) is 6.37. The minimum atomic E-state index is 0.0530. The van der Waals surface area contributed by atoms with E-state index in [4.69, 9.17) is 14.5 Å². The van der Waals surface area contributed by atoms with E-state index in [1.807, 2.05) is 30.0 Å². The lowest BCUT2D eigenvalue weighted by molar-refractivity contribution is 0.304. The molecule has 2 aliphatic rings. The molecule has 1 fully saturated rings. The Morgan fingerprint density at radius 1 is 0.800 bits per heavy atom. The van der Waals surface area contributed by atoms with Crippen LogP contribution in [-0.2, 0) is 0 Å². The first kappa shape index (κ1) is 20.9. The SMILES string of the molecule is Cc1ccc(OC2C3Sc4cccc(-c5cccc6nc(Oc7cccc(C)c7)sc56)c4N23)cc1. The minimum Gasteiger partial charge on any atom is -0.467 e. The highest BCUT2D eigenvalue weighted by atomic mass is 32.2. The third kappa shape index (κ3) is 3.65. The molecule has 3 heterocycles. The molecule has 0 saturated carbocycles. The summed E-state index contributed by atoms with van der Waals surface area (Å²) in [5, 5.41) is 0.971. The van der Waals surface area contributed by atoms with Gasteiger partial charge in [0.2, 0.25) is 6.23 Å². The monoisotopic (exact) mass is 494 g/mol. The molecule has 2 atom stereocenters. The highest BCUT2D eigenvalue weighted by Gasteiger charge is 2.57. The van der Waals surface area contributed by atoms with Gasteiger partial charge in [0.1, 0.15) is 16.9 Å². The van der Waals surface area contributed by atoms with Crippen molar-refractivity contribution in [1.29, 1.82) is 0 Å². The fourth-order valence-corrected chi connectivity index (χ4v) is 6.90. The molecule has 1 saturated heterocycles. The maximum absolute atomic E-state index is 6.34. The maximum atomic E-state index is 6.34. The molecule has 172 valence electrons. The van der Waals surface area contributed by atoms with Crippen LogP contribution in [0.25, 0.3) is 21.3 Å². The zero-order valence-corrected chi connectivity index (χ0v) is 20.9. The largest absolute Gasteiger partial charge is 0.467 e. The van der Waals surface area contributed by atoms with Gasteiger partial charge in [-0.3, -0.25) is 0 Å². The zero-order valence-electron chi connectivity index (χ0n) is 19.3. The van der Waals surface area contributed by atoms with Crippen LogP contribution in [0.15, 0.2) is 89.8 Å². The van der Waals surface area contributed by atoms with Crippen LogP contribution in [0.2, 0.25) is 0 Å². The van der Waals surface area contributed by atoms with Crippen molar-refractivity contribution in [3.63, 3.8) is 0 Å². The van der Waals surface area contributed by atoms with Crippen molar-refractivity contribution in [2.75, 3.05) is 4.90 Å². The Kier molecular flexibility index (Phi) is 4.79. The number of ether oxygens (including phenoxy) is 2. The molecule has 2 unspecified atom stereocenters. The minimum absolute atomic E-state index is 0.0530. The first-order valence-electron chi connectivity index (χ1n) is 11.6. The number of benzene rings is 4. The molecule has 0 spiro atoms. The van der Waals surface area contributed by atoms with E-state index in [0.29, 0.717) is 10.6 Å². The van der Waals surface area contributed by atoms with E-state index in [2.05, 4.69) is 85.5 Å². The van der Waals surface area contributed by atoms with Crippen molar-refractivity contribution >= 4 is 39.0 Å². The summed E-state index contributed by atoms with van der Waals surface area (Å²) in [7, 11) is 0. The lowest BCUT2D eigenvalue weighted by Gasteiger charge is -2.15. The molecule has 2 aliphatic heterocycles. The second-order valence-electron chi connectivity index (χ2n) is 8.94. The Balaban J connectivity index is 1.23. The van der Waals surface area contributed by atoms with Gasteiger partial charge in [-0.1, -0.05) is 77.2 Å². The van der Waals surface area contributed by atoms with Crippen molar-refractivity contribution in [3.8, 4) is 27.8 Å². The smallest absolute Gasteiger partial charge is 0.279 e. The maximum Gasteiger partial charge on any atom is 0.279 e. The number of fused-ring (bicyclic) bond motifs is 4. The van der Waals surface area contributed by atoms with Crippen LogP contribution in [0.1, 0.15) is 11.1 Å². The summed E-state index contributed by atoms with van der Waals surface area (Å²) in [4.78, 5) is 8.47. The molecule has 0 N–H and O–H groups in total. The van der Waals surface area contributed by atoms with Crippen molar-refractivity contribution in [3.05, 3.63) is 96.1 Å². The number of thioether (sulfide) groups is 1. The summed E-state index contributed by atoms with van der Waals surface area (Å²) < 4.78 is 13.6. The fourth-order valence-electron chi connectivity index (χ4n) is 4.63. The van der Waals surface area contributed by atoms with Gasteiger partial charge in [-0.25, -0.2) is 4.98 Å². The summed E-state index contributed by atoms with van der Waals surface area (Å²) in [5.41, 5.74) is 6.99. The predicted molar refractivity (Wildman–Crippen MR) is 144 cm³/mol. The first-order chi connectivity index (χ1) is 17.1. The van der Waals surface area contributed by atoms with Gasteiger partial charge >= 0.3 is 0 Å². The molecule has 35 heavy (non-hydrogen) atoms. The summed E-state index contributed by atoms with van der Waals surface area (Å²) >= 11 is 3.48. The van der Waals surface area contributed by atoms with E-state index >= 15 is 0 Å². The number of hydrogen-bond acceptors (Lipinski definition) is 6. The summed E-state index contributed by atoms with van der Waals surface area (Å²) in [6, 6.07) is 29.2. The van der Waals surface area contributed by atoms with Crippen LogP contribution in [0.4, 0.5) is 5.69 Å². The van der Waals surface area contributed by atoms with Gasteiger partial charge in [-0.2, -0.15) is 0 Å². The molecule has 0 amide bonds. The molecule has 1 aromatic heterocycles. The van der Waals surface area contributed by atoms with Crippen molar-refractivity contribution < 1.29 is 9.47 Å². The Labute approximate surface area is 212 Å². The summed E-state index contributed by atoms with van der Waals surface area (Å²) in [5.74, 6) is 1.72. The van der Waals surface area contributed by atoms with E-state index < -0.39 is 0 Å². The Bertz CT molecular complexity index is 1580. The average molecular weight is 495 g/mol. The van der Waals surface area contributed by atoms with Crippen LogP contribution < -0.4 is 14.4 Å². The predicted octanol–water partition coefficient (Wildman–Crippen LogP) is 8.03. The normalized spacial score (nSPS) is 17.8. The van der Waals surface area contributed by atoms with Gasteiger partial charge < -0.3 is 14.4 Å². The number of rotatable bonds is 5. The fraction of sp³-hybridized carbons (Fsp3) is 0.138. The van der Waals surface area contributed by atoms with Crippen molar-refractivity contribution in [1.82, 2.24) is 4.98 Å². The molecule has 5 aromatic rings. The molecule has 4 nitrogen and oxygen atoms in total. The second-order valence-corrected chi connectivity index (χ2v) is 11.1. The quantitative estimate of drug-likeness (QED) is 0.231. The molecular weight excluding hydrogens is 472 g/mol. The second kappa shape index (κ2) is 8.04. The standard InChI is InChI=1S/C29H22N2O2S2/c1-17-12-14-19(15-13-17)32-27-28-31(27)25-21(8-5-11-24(25)34-28)22-9-4-10-23-26(22)35-29(30-23)33-20-7-3-6-18(2)16-20/h3-16,27-28H,1-2H3. The Morgan fingerprint density at radius 3 is 2.46 bits per heavy atom. The number of thiazole rings is 1. The van der Waals surface area contributed by atoms with E-state index in [1.165, 1.54) is 27.3 Å². The van der Waals surface area contributed by atoms with Crippen LogP contribution in [0.3, 0.4) is 0 Å². The molecular formula is C29H22N2O2S2. The number of hydrogen-bond donors (Lipinski definition) is 0. The van der Waals surface area contributed by atoms with Crippen LogP contribution in [0.5, 0.6) is 16.7 Å². The lowest BCUT2D eigenvalue weighted by atomic mass is 10.0. The number of anilines is 1. The number of aryl methyl sites for hydroxylation is 2. The highest BCUT2D eigenvalue weighted by Crippen LogP contribution is 2.59. The van der Waals surface area contributed by atoms with Gasteiger partial charge in [0.05, 0.1) is 15.9 Å².